The Kier molecular flexibility index (Phi) is 4.46. The lowest BCUT2D eigenvalue weighted by atomic mass is 10.1. The van der Waals surface area contributed by atoms with E-state index in [1.807, 2.05) is 0 Å². The molecule has 1 heterocycles. The molecule has 10 nitrogen and oxygen atoms in total. The minimum atomic E-state index is -0.690. The molecule has 0 aliphatic rings. The molecule has 0 bridgehead atoms. The molecule has 0 fully saturated rings. The number of aromatic nitrogens is 2. The minimum absolute atomic E-state index is 0.00852. The average molecular weight is 318 g/mol. The van der Waals surface area contributed by atoms with Crippen molar-refractivity contribution in [2.75, 3.05) is 5.01 Å². The van der Waals surface area contributed by atoms with Crippen molar-refractivity contribution in [1.82, 2.24) is 9.97 Å². The lowest BCUT2D eigenvalue weighted by Crippen LogP contribution is -2.32. The van der Waals surface area contributed by atoms with Crippen LogP contribution < -0.4 is 10.9 Å². The van der Waals surface area contributed by atoms with Gasteiger partial charge in [0.05, 0.1) is 22.5 Å². The highest BCUT2D eigenvalue weighted by atomic mass is 16.6. The fourth-order valence-corrected chi connectivity index (χ4v) is 2.06. The maximum absolute atomic E-state index is 10.9. The van der Waals surface area contributed by atoms with Crippen LogP contribution in [0.15, 0.2) is 24.3 Å². The van der Waals surface area contributed by atoms with Crippen LogP contribution in [-0.2, 0) is 6.54 Å². The second kappa shape index (κ2) is 6.32. The Labute approximate surface area is 130 Å². The van der Waals surface area contributed by atoms with E-state index >= 15 is 0 Å². The van der Waals surface area contributed by atoms with Crippen LogP contribution in [0.5, 0.6) is 0 Å². The molecule has 2 N–H and O–H groups in total. The predicted octanol–water partition coefficient (Wildman–Crippen LogP) is 1.79. The van der Waals surface area contributed by atoms with E-state index in [4.69, 9.17) is 5.84 Å². The molecule has 0 amide bonds. The summed E-state index contributed by atoms with van der Waals surface area (Å²) in [6.07, 6.45) is 0. The standard InChI is InChI=1S/C13H14N6O4/c1-8-3-9(2)16-13(15-8)17(14)7-10-4-11(18(20)21)6-12(5-10)19(22)23/h3-6H,7,14H2,1-2H3. The van der Waals surface area contributed by atoms with E-state index in [0.717, 1.165) is 6.07 Å². The molecule has 0 radical (unpaired) electrons. The van der Waals surface area contributed by atoms with Crippen LogP contribution >= 0.6 is 0 Å². The molecule has 0 spiro atoms. The molecule has 120 valence electrons. The van der Waals surface area contributed by atoms with Gasteiger partial charge in [0.25, 0.3) is 11.4 Å². The second-order valence-corrected chi connectivity index (χ2v) is 4.95. The maximum Gasteiger partial charge on any atom is 0.276 e. The molecule has 0 saturated carbocycles. The molecule has 0 unspecified atom stereocenters. The molecule has 0 aliphatic heterocycles. The van der Waals surface area contributed by atoms with Gasteiger partial charge in [-0.1, -0.05) is 0 Å². The molecule has 1 aromatic heterocycles. The first-order valence-electron chi connectivity index (χ1n) is 6.53. The molecule has 1 aromatic carbocycles. The van der Waals surface area contributed by atoms with Crippen LogP contribution in [0.4, 0.5) is 17.3 Å². The zero-order chi connectivity index (χ0) is 17.1. The van der Waals surface area contributed by atoms with Crippen molar-refractivity contribution in [3.63, 3.8) is 0 Å². The number of nitrogens with two attached hydrogens (primary N) is 1. The third kappa shape index (κ3) is 3.95. The topological polar surface area (TPSA) is 141 Å². The molecular weight excluding hydrogens is 304 g/mol. The minimum Gasteiger partial charge on any atom is -0.274 e. The number of hydrogen-bond acceptors (Lipinski definition) is 8. The van der Waals surface area contributed by atoms with E-state index in [2.05, 4.69) is 9.97 Å². The number of rotatable bonds is 5. The molecule has 0 atom stereocenters. The van der Waals surface area contributed by atoms with Gasteiger partial charge in [0.2, 0.25) is 5.95 Å². The van der Waals surface area contributed by atoms with Crippen molar-refractivity contribution in [3.8, 4) is 0 Å². The van der Waals surface area contributed by atoms with Crippen molar-refractivity contribution < 1.29 is 9.85 Å². The first kappa shape index (κ1) is 16.2. The number of hydrazine groups is 1. The Hall–Kier alpha value is -3.14. The Morgan fingerprint density at radius 3 is 1.91 bits per heavy atom. The van der Waals surface area contributed by atoms with Gasteiger partial charge in [0.1, 0.15) is 0 Å². The fourth-order valence-electron chi connectivity index (χ4n) is 2.06. The SMILES string of the molecule is Cc1cc(C)nc(N(N)Cc2cc([N+](=O)[O-])cc([N+](=O)[O-])c2)n1. The summed E-state index contributed by atoms with van der Waals surface area (Å²) < 4.78 is 0. The van der Waals surface area contributed by atoms with Crippen LogP contribution in [-0.4, -0.2) is 19.8 Å². The first-order chi connectivity index (χ1) is 10.8. The van der Waals surface area contributed by atoms with E-state index in [1.165, 1.54) is 17.1 Å². The van der Waals surface area contributed by atoms with Crippen molar-refractivity contribution in [2.45, 2.75) is 20.4 Å². The summed E-state index contributed by atoms with van der Waals surface area (Å²) in [4.78, 5) is 28.7. The largest absolute Gasteiger partial charge is 0.276 e. The number of benzene rings is 1. The van der Waals surface area contributed by atoms with Gasteiger partial charge in [0, 0.05) is 23.5 Å². The van der Waals surface area contributed by atoms with Crippen molar-refractivity contribution in [2.24, 2.45) is 5.84 Å². The van der Waals surface area contributed by atoms with Gasteiger partial charge in [-0.2, -0.15) is 0 Å². The van der Waals surface area contributed by atoms with E-state index in [9.17, 15) is 20.2 Å². The van der Waals surface area contributed by atoms with Gasteiger partial charge in [-0.3, -0.25) is 25.2 Å². The van der Waals surface area contributed by atoms with E-state index in [1.54, 1.807) is 19.9 Å². The molecule has 0 aliphatic carbocycles. The average Bonchev–Trinajstić information content (AvgIpc) is 2.45. The Bertz CT molecular complexity index is 727. The van der Waals surface area contributed by atoms with Gasteiger partial charge in [-0.25, -0.2) is 15.8 Å². The zero-order valence-corrected chi connectivity index (χ0v) is 12.5. The number of hydrogen-bond donors (Lipinski definition) is 1. The molecule has 2 aromatic rings. The third-order valence-corrected chi connectivity index (χ3v) is 2.96. The highest BCUT2D eigenvalue weighted by molar-refractivity contribution is 5.47. The summed E-state index contributed by atoms with van der Waals surface area (Å²) >= 11 is 0. The highest BCUT2D eigenvalue weighted by Crippen LogP contribution is 2.23. The quantitative estimate of drug-likeness (QED) is 0.499. The summed E-state index contributed by atoms with van der Waals surface area (Å²) in [5, 5.41) is 23.0. The zero-order valence-electron chi connectivity index (χ0n) is 12.5. The van der Waals surface area contributed by atoms with Gasteiger partial charge in [0.15, 0.2) is 0 Å². The fraction of sp³-hybridized carbons (Fsp3) is 0.231. The predicted molar refractivity (Wildman–Crippen MR) is 81.6 cm³/mol. The summed E-state index contributed by atoms with van der Waals surface area (Å²) in [6.45, 7) is 3.56. The van der Waals surface area contributed by atoms with Gasteiger partial charge >= 0.3 is 0 Å². The lowest BCUT2D eigenvalue weighted by Gasteiger charge is -2.17. The number of nitro benzene ring substituents is 2. The van der Waals surface area contributed by atoms with Crippen LogP contribution in [0.25, 0.3) is 0 Å². The van der Waals surface area contributed by atoms with Crippen LogP contribution in [0, 0.1) is 34.1 Å². The lowest BCUT2D eigenvalue weighted by molar-refractivity contribution is -0.394. The molecule has 2 rings (SSSR count). The molecular formula is C13H14N6O4. The highest BCUT2D eigenvalue weighted by Gasteiger charge is 2.18. The van der Waals surface area contributed by atoms with Gasteiger partial charge in [-0.15, -0.1) is 0 Å². The van der Waals surface area contributed by atoms with E-state index < -0.39 is 9.85 Å². The van der Waals surface area contributed by atoms with Crippen LogP contribution in [0.2, 0.25) is 0 Å². The van der Waals surface area contributed by atoms with Crippen molar-refractivity contribution in [1.29, 1.82) is 0 Å². The van der Waals surface area contributed by atoms with Crippen molar-refractivity contribution >= 4 is 17.3 Å². The number of anilines is 1. The Morgan fingerprint density at radius 2 is 1.48 bits per heavy atom. The third-order valence-electron chi connectivity index (χ3n) is 2.96. The Morgan fingerprint density at radius 1 is 1.00 bits per heavy atom. The normalized spacial score (nSPS) is 10.4. The van der Waals surface area contributed by atoms with Crippen LogP contribution in [0.1, 0.15) is 17.0 Å². The first-order valence-corrected chi connectivity index (χ1v) is 6.53. The van der Waals surface area contributed by atoms with Crippen LogP contribution in [0.3, 0.4) is 0 Å². The number of nitro groups is 2. The smallest absolute Gasteiger partial charge is 0.274 e. The number of non-ortho nitro benzene ring substituents is 2. The summed E-state index contributed by atoms with van der Waals surface area (Å²) in [5.74, 6) is 6.12. The monoisotopic (exact) mass is 318 g/mol. The summed E-state index contributed by atoms with van der Waals surface area (Å²) in [6, 6.07) is 5.14. The maximum atomic E-state index is 10.9. The van der Waals surface area contributed by atoms with Gasteiger partial charge < -0.3 is 0 Å². The second-order valence-electron chi connectivity index (χ2n) is 4.95. The number of aryl methyl sites for hydroxylation is 2. The molecule has 23 heavy (non-hydrogen) atoms. The number of nitrogens with zero attached hydrogens (tertiary/aromatic N) is 5. The molecule has 0 saturated heterocycles. The van der Waals surface area contributed by atoms with E-state index in [-0.39, 0.29) is 23.9 Å². The van der Waals surface area contributed by atoms with Crippen molar-refractivity contribution in [3.05, 3.63) is 61.4 Å². The van der Waals surface area contributed by atoms with Gasteiger partial charge in [-0.05, 0) is 25.5 Å². The van der Waals surface area contributed by atoms with E-state index in [0.29, 0.717) is 17.0 Å². The molecule has 10 heteroatoms. The Balaban J connectivity index is 2.34. The summed E-state index contributed by atoms with van der Waals surface area (Å²) in [7, 11) is 0. The summed E-state index contributed by atoms with van der Waals surface area (Å²) in [5.41, 5.74) is 1.00.